The molecule has 5 heteroatoms. The molecular weight excluding hydrogens is 375 g/mol. The fourth-order valence-corrected chi connectivity index (χ4v) is 3.86. The molecule has 1 amide bonds. The topological polar surface area (TPSA) is 32.3 Å². The van der Waals surface area contributed by atoms with E-state index < -0.39 is 0 Å². The lowest BCUT2D eigenvalue weighted by molar-refractivity contribution is -0.127. The molecule has 1 heterocycles. The molecule has 3 rings (SSSR count). The molecule has 0 bridgehead atoms. The first-order valence-electron chi connectivity index (χ1n) is 10.0. The number of likely N-dealkylation sites (tertiary alicyclic amines) is 1. The summed E-state index contributed by atoms with van der Waals surface area (Å²) in [5, 5.41) is 3.58. The Hall–Kier alpha value is -1.91. The highest BCUT2D eigenvalue weighted by atomic mass is 35.5. The maximum atomic E-state index is 14.0. The van der Waals surface area contributed by atoms with Crippen LogP contribution in [0.2, 0.25) is 5.02 Å². The molecule has 0 saturated carbocycles. The van der Waals surface area contributed by atoms with E-state index in [1.54, 1.807) is 12.1 Å². The molecule has 28 heavy (non-hydrogen) atoms. The van der Waals surface area contributed by atoms with Crippen LogP contribution in [0.3, 0.4) is 0 Å². The van der Waals surface area contributed by atoms with Crippen LogP contribution in [0.15, 0.2) is 48.5 Å². The number of carbonyl (C=O) groups excluding carboxylic acids is 1. The summed E-state index contributed by atoms with van der Waals surface area (Å²) >= 11 is 5.81. The Balaban J connectivity index is 1.40. The van der Waals surface area contributed by atoms with E-state index in [-0.39, 0.29) is 23.7 Å². The van der Waals surface area contributed by atoms with E-state index >= 15 is 0 Å². The Kier molecular flexibility index (Phi) is 7.46. The maximum Gasteiger partial charge on any atom is 0.223 e. The van der Waals surface area contributed by atoms with E-state index in [1.807, 2.05) is 18.2 Å². The average Bonchev–Trinajstić information content (AvgIpc) is 2.70. The third-order valence-corrected chi connectivity index (χ3v) is 5.70. The maximum absolute atomic E-state index is 14.0. The summed E-state index contributed by atoms with van der Waals surface area (Å²) in [5.74, 6) is -0.0667. The second-order valence-electron chi connectivity index (χ2n) is 7.72. The smallest absolute Gasteiger partial charge is 0.223 e. The summed E-state index contributed by atoms with van der Waals surface area (Å²) in [6, 6.07) is 15.3. The van der Waals surface area contributed by atoms with Crippen molar-refractivity contribution in [1.82, 2.24) is 10.2 Å². The normalized spacial score (nSPS) is 16.7. The third kappa shape index (κ3) is 6.05. The van der Waals surface area contributed by atoms with Crippen LogP contribution in [0.1, 0.15) is 37.3 Å². The van der Waals surface area contributed by atoms with Crippen LogP contribution < -0.4 is 5.32 Å². The van der Waals surface area contributed by atoms with Crippen molar-refractivity contribution in [2.75, 3.05) is 13.1 Å². The van der Waals surface area contributed by atoms with Gasteiger partial charge in [0.2, 0.25) is 5.91 Å². The minimum absolute atomic E-state index is 0.0468. The third-order valence-electron chi connectivity index (χ3n) is 5.46. The number of hydrogen-bond donors (Lipinski definition) is 1. The van der Waals surface area contributed by atoms with Crippen molar-refractivity contribution in [1.29, 1.82) is 0 Å². The molecule has 0 spiro atoms. The van der Waals surface area contributed by atoms with Gasteiger partial charge in [-0.1, -0.05) is 48.0 Å². The van der Waals surface area contributed by atoms with Crippen LogP contribution >= 0.6 is 11.6 Å². The van der Waals surface area contributed by atoms with Crippen molar-refractivity contribution in [3.05, 3.63) is 70.5 Å². The van der Waals surface area contributed by atoms with Crippen molar-refractivity contribution in [3.63, 3.8) is 0 Å². The van der Waals surface area contributed by atoms with Crippen molar-refractivity contribution < 1.29 is 9.18 Å². The van der Waals surface area contributed by atoms with Gasteiger partial charge in [0.05, 0.1) is 0 Å². The van der Waals surface area contributed by atoms with Crippen molar-refractivity contribution in [3.8, 4) is 0 Å². The zero-order chi connectivity index (χ0) is 19.9. The minimum atomic E-state index is -0.264. The van der Waals surface area contributed by atoms with Crippen LogP contribution in [0.4, 0.5) is 4.39 Å². The summed E-state index contributed by atoms with van der Waals surface area (Å²) in [6.07, 6.45) is 3.52. The number of amides is 1. The molecule has 2 aromatic rings. The van der Waals surface area contributed by atoms with Crippen LogP contribution in [0.5, 0.6) is 0 Å². The summed E-state index contributed by atoms with van der Waals surface area (Å²) in [4.78, 5) is 14.8. The van der Waals surface area contributed by atoms with Gasteiger partial charge in [-0.05, 0) is 63.4 Å². The molecule has 3 nitrogen and oxygen atoms in total. The summed E-state index contributed by atoms with van der Waals surface area (Å²) in [6.45, 7) is 4.24. The number of nitrogens with one attached hydrogen (secondary N) is 1. The lowest BCUT2D eigenvalue weighted by Crippen LogP contribution is -2.43. The largest absolute Gasteiger partial charge is 0.353 e. The Labute approximate surface area is 171 Å². The van der Waals surface area contributed by atoms with Crippen molar-refractivity contribution in [2.45, 2.75) is 45.2 Å². The van der Waals surface area contributed by atoms with Crippen LogP contribution in [-0.4, -0.2) is 29.9 Å². The second-order valence-corrected chi connectivity index (χ2v) is 8.16. The van der Waals surface area contributed by atoms with Gasteiger partial charge in [0, 0.05) is 29.1 Å². The molecule has 1 aliphatic heterocycles. The lowest BCUT2D eigenvalue weighted by atomic mass is 9.95. The van der Waals surface area contributed by atoms with Gasteiger partial charge in [0.25, 0.3) is 0 Å². The molecule has 150 valence electrons. The Morgan fingerprint density at radius 2 is 1.93 bits per heavy atom. The number of nitrogens with zero attached hydrogens (tertiary/aromatic N) is 1. The van der Waals surface area contributed by atoms with E-state index in [9.17, 15) is 9.18 Å². The molecule has 1 atom stereocenters. The summed E-state index contributed by atoms with van der Waals surface area (Å²) < 4.78 is 14.0. The van der Waals surface area contributed by atoms with Gasteiger partial charge in [0.1, 0.15) is 5.82 Å². The van der Waals surface area contributed by atoms with E-state index in [4.69, 9.17) is 11.6 Å². The number of rotatable bonds is 7. The SMILES string of the molecule is CC(CCc1ccccc1)NC(=O)C1CCN(Cc2ccc(Cl)cc2F)CC1. The van der Waals surface area contributed by atoms with Crippen LogP contribution in [0.25, 0.3) is 0 Å². The van der Waals surface area contributed by atoms with Gasteiger partial charge in [0.15, 0.2) is 0 Å². The first kappa shape index (κ1) is 20.8. The van der Waals surface area contributed by atoms with Gasteiger partial charge in [-0.25, -0.2) is 4.39 Å². The molecule has 1 N–H and O–H groups in total. The van der Waals surface area contributed by atoms with Crippen molar-refractivity contribution in [2.24, 2.45) is 5.92 Å². The average molecular weight is 403 g/mol. The fraction of sp³-hybridized carbons (Fsp3) is 0.435. The monoisotopic (exact) mass is 402 g/mol. The minimum Gasteiger partial charge on any atom is -0.353 e. The molecule has 1 unspecified atom stereocenters. The molecule has 1 aliphatic rings. The van der Waals surface area contributed by atoms with E-state index in [0.29, 0.717) is 17.1 Å². The molecule has 0 aromatic heterocycles. The van der Waals surface area contributed by atoms with E-state index in [1.165, 1.54) is 11.6 Å². The number of carbonyl (C=O) groups is 1. The highest BCUT2D eigenvalue weighted by Gasteiger charge is 2.26. The predicted octanol–water partition coefficient (Wildman–Crippen LogP) is 4.83. The van der Waals surface area contributed by atoms with E-state index in [2.05, 4.69) is 29.3 Å². The van der Waals surface area contributed by atoms with Gasteiger partial charge in [-0.2, -0.15) is 0 Å². The van der Waals surface area contributed by atoms with Gasteiger partial charge >= 0.3 is 0 Å². The van der Waals surface area contributed by atoms with Crippen molar-refractivity contribution >= 4 is 17.5 Å². The standard InChI is InChI=1S/C23H28ClFN2O/c1-17(7-8-18-5-3-2-4-6-18)26-23(28)19-11-13-27(14-12-19)16-20-9-10-21(24)15-22(20)25/h2-6,9-10,15,17,19H,7-8,11-14,16H2,1H3,(H,26,28). The lowest BCUT2D eigenvalue weighted by Gasteiger charge is -2.32. The number of hydrogen-bond acceptors (Lipinski definition) is 2. The first-order chi connectivity index (χ1) is 13.5. The molecule has 1 fully saturated rings. The summed E-state index contributed by atoms with van der Waals surface area (Å²) in [7, 11) is 0. The summed E-state index contributed by atoms with van der Waals surface area (Å²) in [5.41, 5.74) is 1.95. The highest BCUT2D eigenvalue weighted by Crippen LogP contribution is 2.22. The number of aryl methyl sites for hydroxylation is 1. The zero-order valence-electron chi connectivity index (χ0n) is 16.3. The van der Waals surface area contributed by atoms with Crippen LogP contribution in [0, 0.1) is 11.7 Å². The quantitative estimate of drug-likeness (QED) is 0.719. The fourth-order valence-electron chi connectivity index (χ4n) is 3.70. The zero-order valence-corrected chi connectivity index (χ0v) is 17.1. The molecule has 0 radical (unpaired) electrons. The predicted molar refractivity (Wildman–Crippen MR) is 112 cm³/mol. The number of benzene rings is 2. The Morgan fingerprint density at radius 1 is 1.21 bits per heavy atom. The van der Waals surface area contributed by atoms with E-state index in [0.717, 1.165) is 38.8 Å². The first-order valence-corrected chi connectivity index (χ1v) is 10.4. The molecule has 1 saturated heterocycles. The molecule has 2 aromatic carbocycles. The van der Waals surface area contributed by atoms with Gasteiger partial charge in [-0.3, -0.25) is 9.69 Å². The molecular formula is C23H28ClFN2O. The number of halogens is 2. The number of piperidine rings is 1. The Bertz CT molecular complexity index is 775. The van der Waals surface area contributed by atoms with Gasteiger partial charge in [-0.15, -0.1) is 0 Å². The highest BCUT2D eigenvalue weighted by molar-refractivity contribution is 6.30. The van der Waals surface area contributed by atoms with Crippen LogP contribution in [-0.2, 0) is 17.8 Å². The Morgan fingerprint density at radius 3 is 2.61 bits per heavy atom. The molecule has 0 aliphatic carbocycles. The van der Waals surface area contributed by atoms with Gasteiger partial charge < -0.3 is 5.32 Å². The second kappa shape index (κ2) is 10.0.